The maximum atomic E-state index is 8.58. The first-order valence-electron chi connectivity index (χ1n) is 4.77. The zero-order valence-corrected chi connectivity index (χ0v) is 8.27. The summed E-state index contributed by atoms with van der Waals surface area (Å²) in [6.07, 6.45) is 1.67. The van der Waals surface area contributed by atoms with Gasteiger partial charge < -0.3 is 15.6 Å². The number of rotatable bonds is 1. The van der Waals surface area contributed by atoms with Gasteiger partial charge in [0.15, 0.2) is 5.75 Å². The van der Waals surface area contributed by atoms with Crippen LogP contribution >= 0.6 is 0 Å². The zero-order valence-electron chi connectivity index (χ0n) is 8.27. The molecule has 0 fully saturated rings. The van der Waals surface area contributed by atoms with Crippen molar-refractivity contribution in [1.82, 2.24) is 9.97 Å². The highest BCUT2D eigenvalue weighted by molar-refractivity contribution is 6.10. The van der Waals surface area contributed by atoms with Crippen LogP contribution < -0.4 is 10.6 Å². The van der Waals surface area contributed by atoms with E-state index in [1.807, 2.05) is 12.1 Å². The number of nitrogens with zero attached hydrogens (tertiary/aromatic N) is 1. The van der Waals surface area contributed by atoms with Crippen molar-refractivity contribution in [2.75, 3.05) is 5.73 Å². The molecule has 0 spiro atoms. The van der Waals surface area contributed by atoms with Crippen molar-refractivity contribution in [3.63, 3.8) is 0 Å². The third kappa shape index (κ3) is 1.12. The number of aromatic nitrogens is 2. The van der Waals surface area contributed by atoms with E-state index < -0.39 is 0 Å². The maximum absolute atomic E-state index is 8.58. The van der Waals surface area contributed by atoms with Gasteiger partial charge in [-0.3, -0.25) is 0 Å². The Balaban J connectivity index is 2.45. The van der Waals surface area contributed by atoms with Crippen LogP contribution in [0.15, 0.2) is 30.5 Å². The molecule has 0 unspecified atom stereocenters. The van der Waals surface area contributed by atoms with E-state index in [1.165, 1.54) is 0 Å². The van der Waals surface area contributed by atoms with Crippen LogP contribution in [-0.4, -0.2) is 15.2 Å². The molecule has 0 bridgehead atoms. The molecule has 0 aliphatic carbocycles. The van der Waals surface area contributed by atoms with Crippen molar-refractivity contribution >= 4 is 27.6 Å². The number of pyridine rings is 1. The number of hydrogen-bond acceptors (Lipinski definition) is 4. The summed E-state index contributed by atoms with van der Waals surface area (Å²) in [5.74, 6) is 0.839. The van der Waals surface area contributed by atoms with Crippen LogP contribution in [-0.2, 0) is 0 Å². The first kappa shape index (κ1) is 8.99. The Morgan fingerprint density at radius 1 is 1.25 bits per heavy atom. The number of benzene rings is 1. The number of nitrogen functional groups attached to an aromatic ring is 1. The molecule has 16 heavy (non-hydrogen) atoms. The lowest BCUT2D eigenvalue weighted by atomic mass is 10.2. The molecule has 5 heteroatoms. The van der Waals surface area contributed by atoms with Crippen LogP contribution in [0.1, 0.15) is 0 Å². The molecule has 0 saturated carbocycles. The fourth-order valence-corrected chi connectivity index (χ4v) is 1.89. The van der Waals surface area contributed by atoms with Gasteiger partial charge in [0.1, 0.15) is 5.82 Å². The molecular weight excluding hydrogens is 206 g/mol. The molecule has 0 aliphatic rings. The second kappa shape index (κ2) is 3.11. The summed E-state index contributed by atoms with van der Waals surface area (Å²) in [6.45, 7) is 0. The molecule has 2 heterocycles. The summed E-state index contributed by atoms with van der Waals surface area (Å²) in [5, 5.41) is 10.6. The van der Waals surface area contributed by atoms with Gasteiger partial charge in [0, 0.05) is 23.0 Å². The Hall–Kier alpha value is -2.27. The third-order valence-electron chi connectivity index (χ3n) is 2.63. The minimum Gasteiger partial charge on any atom is -0.382 e. The molecule has 0 saturated heterocycles. The summed E-state index contributed by atoms with van der Waals surface area (Å²) in [4.78, 5) is 11.3. The van der Waals surface area contributed by atoms with Crippen molar-refractivity contribution in [3.8, 4) is 5.75 Å². The summed E-state index contributed by atoms with van der Waals surface area (Å²) in [5.41, 5.74) is 7.41. The predicted molar refractivity (Wildman–Crippen MR) is 61.3 cm³/mol. The number of nitrogens with two attached hydrogens (primary N) is 1. The molecule has 0 radical (unpaired) electrons. The van der Waals surface area contributed by atoms with Crippen LogP contribution in [0.4, 0.5) is 5.82 Å². The molecule has 0 amide bonds. The monoisotopic (exact) mass is 215 g/mol. The lowest BCUT2D eigenvalue weighted by Gasteiger charge is -1.95. The lowest BCUT2D eigenvalue weighted by molar-refractivity contribution is -0.137. The van der Waals surface area contributed by atoms with Crippen LogP contribution in [0.2, 0.25) is 0 Å². The fourth-order valence-electron chi connectivity index (χ4n) is 1.89. The first-order valence-corrected chi connectivity index (χ1v) is 4.77. The van der Waals surface area contributed by atoms with Crippen LogP contribution in [0.3, 0.4) is 0 Å². The highest BCUT2D eigenvalue weighted by Crippen LogP contribution is 2.29. The van der Waals surface area contributed by atoms with Gasteiger partial charge in [-0.2, -0.15) is 0 Å². The Morgan fingerprint density at radius 3 is 2.94 bits per heavy atom. The molecule has 0 aliphatic heterocycles. The third-order valence-corrected chi connectivity index (χ3v) is 2.63. The number of H-pyrrole nitrogens is 1. The van der Waals surface area contributed by atoms with E-state index in [-0.39, 0.29) is 0 Å². The molecule has 2 aromatic heterocycles. The van der Waals surface area contributed by atoms with Gasteiger partial charge in [0.2, 0.25) is 0 Å². The molecule has 3 rings (SSSR count). The SMILES string of the molecule is Nc1nccc2c1[nH]c1cc(OO)ccc12. The summed E-state index contributed by atoms with van der Waals surface area (Å²) >= 11 is 0. The minimum absolute atomic E-state index is 0.380. The number of fused-ring (bicyclic) bond motifs is 3. The summed E-state index contributed by atoms with van der Waals surface area (Å²) in [6, 6.07) is 7.14. The minimum atomic E-state index is 0.380. The van der Waals surface area contributed by atoms with Gasteiger partial charge >= 0.3 is 0 Å². The Morgan fingerprint density at radius 2 is 2.12 bits per heavy atom. The van der Waals surface area contributed by atoms with Crippen LogP contribution in [0.5, 0.6) is 5.75 Å². The van der Waals surface area contributed by atoms with Gasteiger partial charge in [-0.15, -0.1) is 0 Å². The van der Waals surface area contributed by atoms with Crippen LogP contribution in [0.25, 0.3) is 21.8 Å². The molecule has 1 aromatic carbocycles. The first-order chi connectivity index (χ1) is 7.79. The number of aromatic amines is 1. The van der Waals surface area contributed by atoms with Crippen molar-refractivity contribution in [3.05, 3.63) is 30.5 Å². The largest absolute Gasteiger partial charge is 0.382 e. The van der Waals surface area contributed by atoms with E-state index in [0.29, 0.717) is 11.6 Å². The number of nitrogens with one attached hydrogen (secondary N) is 1. The van der Waals surface area contributed by atoms with Gasteiger partial charge in [-0.25, -0.2) is 10.2 Å². The number of anilines is 1. The standard InChI is InChI=1S/C11H9N3O2/c12-11-10-8(3-4-13-11)7-2-1-6(16-15)5-9(7)14-10/h1-5,14-15H,(H2,12,13). The normalized spacial score (nSPS) is 11.1. The Kier molecular flexibility index (Phi) is 1.75. The molecular formula is C11H9N3O2. The summed E-state index contributed by atoms with van der Waals surface area (Å²) in [7, 11) is 0. The second-order valence-electron chi connectivity index (χ2n) is 3.54. The molecule has 5 nitrogen and oxygen atoms in total. The quantitative estimate of drug-likeness (QED) is 0.429. The van der Waals surface area contributed by atoms with E-state index in [9.17, 15) is 0 Å². The van der Waals surface area contributed by atoms with E-state index in [0.717, 1.165) is 21.8 Å². The summed E-state index contributed by atoms with van der Waals surface area (Å²) < 4.78 is 0. The van der Waals surface area contributed by atoms with Crippen molar-refractivity contribution in [2.24, 2.45) is 0 Å². The lowest BCUT2D eigenvalue weighted by Crippen LogP contribution is -1.89. The average Bonchev–Trinajstić information content (AvgIpc) is 2.68. The van der Waals surface area contributed by atoms with Gasteiger partial charge in [0.05, 0.1) is 11.0 Å². The van der Waals surface area contributed by atoms with Crippen molar-refractivity contribution in [2.45, 2.75) is 0 Å². The van der Waals surface area contributed by atoms with Gasteiger partial charge in [0.25, 0.3) is 0 Å². The smallest absolute Gasteiger partial charge is 0.167 e. The zero-order chi connectivity index (χ0) is 11.1. The van der Waals surface area contributed by atoms with E-state index in [4.69, 9.17) is 11.0 Å². The van der Waals surface area contributed by atoms with Gasteiger partial charge in [-0.1, -0.05) is 0 Å². The Bertz CT molecular complexity index is 675. The van der Waals surface area contributed by atoms with Crippen molar-refractivity contribution in [1.29, 1.82) is 0 Å². The predicted octanol–water partition coefficient (Wildman–Crippen LogP) is 2.15. The van der Waals surface area contributed by atoms with E-state index in [1.54, 1.807) is 18.3 Å². The van der Waals surface area contributed by atoms with Crippen LogP contribution in [0, 0.1) is 0 Å². The highest BCUT2D eigenvalue weighted by Gasteiger charge is 2.07. The number of hydrogen-bond donors (Lipinski definition) is 3. The average molecular weight is 215 g/mol. The maximum Gasteiger partial charge on any atom is 0.167 e. The van der Waals surface area contributed by atoms with E-state index >= 15 is 0 Å². The highest BCUT2D eigenvalue weighted by atomic mass is 17.1. The topological polar surface area (TPSA) is 84.2 Å². The van der Waals surface area contributed by atoms with Crippen molar-refractivity contribution < 1.29 is 10.1 Å². The molecule has 3 aromatic rings. The Labute approximate surface area is 90.4 Å². The molecule has 0 atom stereocenters. The van der Waals surface area contributed by atoms with Gasteiger partial charge in [-0.05, 0) is 18.2 Å². The molecule has 4 N–H and O–H groups in total. The van der Waals surface area contributed by atoms with E-state index in [2.05, 4.69) is 14.9 Å². The second-order valence-corrected chi connectivity index (χ2v) is 3.54. The fraction of sp³-hybridized carbons (Fsp3) is 0. The molecule has 80 valence electrons.